The molecule has 0 aliphatic heterocycles. The summed E-state index contributed by atoms with van der Waals surface area (Å²) in [5, 5.41) is 11.1. The van der Waals surface area contributed by atoms with Crippen LogP contribution in [0.4, 0.5) is 0 Å². The average Bonchev–Trinajstić information content (AvgIpc) is 3.78. The second-order valence-corrected chi connectivity index (χ2v) is 16.8. The summed E-state index contributed by atoms with van der Waals surface area (Å²) in [5.41, 5.74) is 13.6. The lowest BCUT2D eigenvalue weighted by Gasteiger charge is -2.19. The number of hydrogen-bond acceptors (Lipinski definition) is 3. The van der Waals surface area contributed by atoms with E-state index in [1.54, 1.807) is 0 Å². The van der Waals surface area contributed by atoms with Gasteiger partial charge < -0.3 is 4.42 Å². The Hall–Kier alpha value is -8.66. The molecule has 3 nitrogen and oxygen atoms in total. The van der Waals surface area contributed by atoms with Gasteiger partial charge in [-0.05, 0) is 107 Å². The van der Waals surface area contributed by atoms with E-state index in [4.69, 9.17) is 14.4 Å². The lowest BCUT2D eigenvalue weighted by Crippen LogP contribution is -1.99. The van der Waals surface area contributed by atoms with E-state index in [1.165, 1.54) is 38.6 Å². The molecule has 0 fully saturated rings. The minimum absolute atomic E-state index is 0.676. The van der Waals surface area contributed by atoms with Crippen LogP contribution in [-0.2, 0) is 0 Å². The molecule has 0 bridgehead atoms. The largest absolute Gasteiger partial charge is 0.455 e. The van der Waals surface area contributed by atoms with Crippen LogP contribution in [0, 0.1) is 0 Å². The van der Waals surface area contributed by atoms with E-state index in [9.17, 15) is 0 Å². The second kappa shape index (κ2) is 15.0. The molecule has 65 heavy (non-hydrogen) atoms. The van der Waals surface area contributed by atoms with Gasteiger partial charge in [0.05, 0.1) is 11.4 Å². The monoisotopic (exact) mass is 826 g/mol. The van der Waals surface area contributed by atoms with Crippen LogP contribution in [0.3, 0.4) is 0 Å². The number of benzene rings is 11. The molecular weight excluding hydrogens is 789 g/mol. The zero-order valence-electron chi connectivity index (χ0n) is 35.2. The fourth-order valence-corrected chi connectivity index (χ4v) is 10.1. The van der Waals surface area contributed by atoms with E-state index >= 15 is 0 Å². The quantitative estimate of drug-likeness (QED) is 0.157. The summed E-state index contributed by atoms with van der Waals surface area (Å²) in [4.78, 5) is 11.2. The van der Waals surface area contributed by atoms with Crippen molar-refractivity contribution in [3.05, 3.63) is 231 Å². The van der Waals surface area contributed by atoms with Gasteiger partial charge in [0.25, 0.3) is 0 Å². The SMILES string of the molecule is c1ccc(-c2cc(-c3ccccc3)cc(-c3c4ccccc4c(-c4nc(-c5ccccc5)cc(-c5cc6c(oc7ccc8ccccc8c76)c6ccccc56)n4)c4ccccc34)c2)cc1. The summed E-state index contributed by atoms with van der Waals surface area (Å²) in [7, 11) is 0. The summed E-state index contributed by atoms with van der Waals surface area (Å²) < 4.78 is 6.73. The maximum atomic E-state index is 6.73. The van der Waals surface area contributed by atoms with Gasteiger partial charge in [0, 0.05) is 32.8 Å². The molecule has 2 aromatic heterocycles. The summed E-state index contributed by atoms with van der Waals surface area (Å²) in [6, 6.07) is 82.2. The fourth-order valence-electron chi connectivity index (χ4n) is 10.1. The van der Waals surface area contributed by atoms with Crippen molar-refractivity contribution in [3.63, 3.8) is 0 Å². The first kappa shape index (κ1) is 36.9. The van der Waals surface area contributed by atoms with Crippen molar-refractivity contribution in [1.82, 2.24) is 9.97 Å². The molecule has 0 unspecified atom stereocenters. The molecule has 0 amide bonds. The summed E-state index contributed by atoms with van der Waals surface area (Å²) >= 11 is 0. The lowest BCUT2D eigenvalue weighted by molar-refractivity contribution is 0.673. The zero-order chi connectivity index (χ0) is 42.8. The van der Waals surface area contributed by atoms with Crippen LogP contribution in [0.5, 0.6) is 0 Å². The molecule has 0 aliphatic carbocycles. The normalized spacial score (nSPS) is 11.7. The van der Waals surface area contributed by atoms with E-state index in [0.29, 0.717) is 5.82 Å². The highest BCUT2D eigenvalue weighted by molar-refractivity contribution is 6.26. The van der Waals surface area contributed by atoms with Crippen molar-refractivity contribution in [2.75, 3.05) is 0 Å². The van der Waals surface area contributed by atoms with E-state index in [-0.39, 0.29) is 0 Å². The molecule has 0 atom stereocenters. The van der Waals surface area contributed by atoms with E-state index in [2.05, 4.69) is 231 Å². The summed E-state index contributed by atoms with van der Waals surface area (Å²) in [6.07, 6.45) is 0. The topological polar surface area (TPSA) is 38.9 Å². The van der Waals surface area contributed by atoms with E-state index in [1.807, 2.05) is 0 Å². The maximum absolute atomic E-state index is 6.73. The van der Waals surface area contributed by atoms with Crippen LogP contribution >= 0.6 is 0 Å². The molecule has 0 radical (unpaired) electrons. The molecule has 2 heterocycles. The Morgan fingerprint density at radius 1 is 0.292 bits per heavy atom. The molecule has 0 spiro atoms. The molecule has 13 rings (SSSR count). The Morgan fingerprint density at radius 3 is 1.38 bits per heavy atom. The fraction of sp³-hybridized carbons (Fsp3) is 0. The van der Waals surface area contributed by atoms with Crippen molar-refractivity contribution in [2.45, 2.75) is 0 Å². The number of rotatable bonds is 6. The van der Waals surface area contributed by atoms with Crippen LogP contribution < -0.4 is 0 Å². The molecule has 0 aliphatic rings. The van der Waals surface area contributed by atoms with Gasteiger partial charge >= 0.3 is 0 Å². The highest BCUT2D eigenvalue weighted by Gasteiger charge is 2.23. The molecule has 302 valence electrons. The Labute approximate surface area is 375 Å². The van der Waals surface area contributed by atoms with Gasteiger partial charge in [-0.25, -0.2) is 9.97 Å². The lowest BCUT2D eigenvalue weighted by atomic mass is 9.86. The van der Waals surface area contributed by atoms with Gasteiger partial charge in [0.2, 0.25) is 0 Å². The third-order valence-electron chi connectivity index (χ3n) is 13.0. The predicted octanol–water partition coefficient (Wildman–Crippen LogP) is 17.0. The van der Waals surface area contributed by atoms with Crippen molar-refractivity contribution >= 4 is 65.0 Å². The Bertz CT molecular complexity index is 3870. The molecule has 13 aromatic rings. The van der Waals surface area contributed by atoms with Crippen LogP contribution in [0.2, 0.25) is 0 Å². The van der Waals surface area contributed by atoms with Crippen LogP contribution in [0.25, 0.3) is 132 Å². The number of fused-ring (bicyclic) bond motifs is 9. The van der Waals surface area contributed by atoms with Gasteiger partial charge in [-0.1, -0.05) is 194 Å². The number of hydrogen-bond donors (Lipinski definition) is 0. The molecule has 0 N–H and O–H groups in total. The second-order valence-electron chi connectivity index (χ2n) is 16.8. The molecular formula is C62H38N2O. The number of furan rings is 1. The van der Waals surface area contributed by atoms with Crippen molar-refractivity contribution < 1.29 is 4.42 Å². The van der Waals surface area contributed by atoms with Gasteiger partial charge in [0.15, 0.2) is 5.82 Å². The Kier molecular flexibility index (Phi) is 8.53. The van der Waals surface area contributed by atoms with E-state index in [0.717, 1.165) is 87.9 Å². The summed E-state index contributed by atoms with van der Waals surface area (Å²) in [6.45, 7) is 0. The third-order valence-corrected chi connectivity index (χ3v) is 13.0. The van der Waals surface area contributed by atoms with Gasteiger partial charge in [-0.2, -0.15) is 0 Å². The van der Waals surface area contributed by atoms with Gasteiger partial charge in [0.1, 0.15) is 11.2 Å². The Balaban J connectivity index is 1.11. The molecule has 0 saturated heterocycles. The summed E-state index contributed by atoms with van der Waals surface area (Å²) in [5.74, 6) is 0.676. The predicted molar refractivity (Wildman–Crippen MR) is 272 cm³/mol. The first-order valence-corrected chi connectivity index (χ1v) is 22.1. The zero-order valence-corrected chi connectivity index (χ0v) is 35.2. The van der Waals surface area contributed by atoms with Gasteiger partial charge in [-0.15, -0.1) is 0 Å². The first-order chi connectivity index (χ1) is 32.2. The highest BCUT2D eigenvalue weighted by atomic mass is 16.3. The molecule has 3 heteroatoms. The van der Waals surface area contributed by atoms with Crippen molar-refractivity contribution in [1.29, 1.82) is 0 Å². The van der Waals surface area contributed by atoms with Crippen LogP contribution in [-0.4, -0.2) is 9.97 Å². The Morgan fingerprint density at radius 2 is 0.769 bits per heavy atom. The standard InChI is InChI=1S/C62H38N2O/c1-4-18-39(19-5-1)43-34-44(40-20-6-2-7-21-40)36-45(35-43)58-48-27-13-15-29-50(48)60(51-30-16-14-28-49(51)58)62-63-55(42-23-8-3-9-24-42)38-56(64-62)53-37-54-59-46-25-11-10-22-41(46)32-33-57(59)65-61(54)52-31-17-12-26-47(52)53/h1-38H. The van der Waals surface area contributed by atoms with Gasteiger partial charge in [-0.3, -0.25) is 0 Å². The van der Waals surface area contributed by atoms with Crippen molar-refractivity contribution in [2.24, 2.45) is 0 Å². The smallest absolute Gasteiger partial charge is 0.161 e. The number of aromatic nitrogens is 2. The van der Waals surface area contributed by atoms with Crippen LogP contribution in [0.15, 0.2) is 235 Å². The minimum atomic E-state index is 0.676. The van der Waals surface area contributed by atoms with E-state index < -0.39 is 0 Å². The molecule has 11 aromatic carbocycles. The third kappa shape index (κ3) is 6.12. The first-order valence-electron chi connectivity index (χ1n) is 22.1. The van der Waals surface area contributed by atoms with Crippen molar-refractivity contribution in [3.8, 4) is 67.3 Å². The average molecular weight is 827 g/mol. The maximum Gasteiger partial charge on any atom is 0.161 e. The highest BCUT2D eigenvalue weighted by Crippen LogP contribution is 2.47. The van der Waals surface area contributed by atoms with Crippen LogP contribution in [0.1, 0.15) is 0 Å². The molecule has 0 saturated carbocycles. The number of nitrogens with zero attached hydrogens (tertiary/aromatic N) is 2. The minimum Gasteiger partial charge on any atom is -0.455 e.